The third-order valence-electron chi connectivity index (χ3n) is 5.91. The van der Waals surface area contributed by atoms with Gasteiger partial charge in [0.2, 0.25) is 5.91 Å². The second-order valence-corrected chi connectivity index (χ2v) is 7.86. The lowest BCUT2D eigenvalue weighted by Crippen LogP contribution is -2.43. The number of hydrogen-bond acceptors (Lipinski definition) is 4. The number of carbonyl (C=O) groups is 2. The molecule has 1 aromatic heterocycles. The van der Waals surface area contributed by atoms with Crippen molar-refractivity contribution in [2.24, 2.45) is 5.92 Å². The lowest BCUT2D eigenvalue weighted by Gasteiger charge is -2.33. The summed E-state index contributed by atoms with van der Waals surface area (Å²) in [6.07, 6.45) is 8.09. The number of likely N-dealkylation sites (tertiary alicyclic amines) is 1. The van der Waals surface area contributed by atoms with E-state index in [0.29, 0.717) is 12.5 Å². The molecule has 1 aromatic carbocycles. The summed E-state index contributed by atoms with van der Waals surface area (Å²) in [7, 11) is 0. The predicted molar refractivity (Wildman–Crippen MR) is 104 cm³/mol. The Bertz CT molecular complexity index is 848. The number of aryl methyl sites for hydroxylation is 1. The van der Waals surface area contributed by atoms with Gasteiger partial charge in [-0.1, -0.05) is 12.8 Å². The Hall–Kier alpha value is -2.57. The molecule has 7 nitrogen and oxygen atoms in total. The van der Waals surface area contributed by atoms with Crippen molar-refractivity contribution in [1.29, 1.82) is 0 Å². The van der Waals surface area contributed by atoms with Crippen molar-refractivity contribution in [3.05, 3.63) is 24.4 Å². The molecule has 0 spiro atoms. The van der Waals surface area contributed by atoms with E-state index in [1.807, 2.05) is 23.1 Å². The van der Waals surface area contributed by atoms with Crippen LogP contribution in [0.3, 0.4) is 0 Å². The zero-order valence-corrected chi connectivity index (χ0v) is 16.0. The Morgan fingerprint density at radius 2 is 1.89 bits per heavy atom. The molecule has 0 bridgehead atoms. The van der Waals surface area contributed by atoms with E-state index in [4.69, 9.17) is 9.84 Å². The maximum Gasteiger partial charge on any atom is 0.305 e. The monoisotopic (exact) mass is 385 g/mol. The van der Waals surface area contributed by atoms with Gasteiger partial charge in [-0.2, -0.15) is 5.10 Å². The first-order chi connectivity index (χ1) is 13.6. The fourth-order valence-electron chi connectivity index (χ4n) is 4.34. The summed E-state index contributed by atoms with van der Waals surface area (Å²) in [4.78, 5) is 25.3. The molecule has 2 aromatic rings. The van der Waals surface area contributed by atoms with Crippen LogP contribution >= 0.6 is 0 Å². The van der Waals surface area contributed by atoms with E-state index in [-0.39, 0.29) is 18.4 Å². The highest BCUT2D eigenvalue weighted by Crippen LogP contribution is 2.29. The minimum Gasteiger partial charge on any atom is -0.490 e. The number of carbonyl (C=O) groups excluding carboxylic acids is 1. The van der Waals surface area contributed by atoms with Crippen LogP contribution in [0.2, 0.25) is 0 Å². The lowest BCUT2D eigenvalue weighted by atomic mass is 10.0. The smallest absolute Gasteiger partial charge is 0.305 e. The molecule has 1 N–H and O–H groups in total. The van der Waals surface area contributed by atoms with Crippen LogP contribution in [0.1, 0.15) is 44.9 Å². The average molecular weight is 385 g/mol. The van der Waals surface area contributed by atoms with E-state index < -0.39 is 5.97 Å². The molecule has 2 heterocycles. The summed E-state index contributed by atoms with van der Waals surface area (Å²) in [5, 5.41) is 14.1. The largest absolute Gasteiger partial charge is 0.490 e. The van der Waals surface area contributed by atoms with Gasteiger partial charge in [-0.3, -0.25) is 14.3 Å². The van der Waals surface area contributed by atoms with Crippen LogP contribution in [0, 0.1) is 5.92 Å². The number of rotatable bonds is 6. The van der Waals surface area contributed by atoms with Crippen LogP contribution in [0.25, 0.3) is 10.9 Å². The third kappa shape index (κ3) is 4.13. The molecular weight excluding hydrogens is 358 g/mol. The first kappa shape index (κ1) is 18.8. The molecule has 2 aliphatic rings. The Kier molecular flexibility index (Phi) is 5.50. The number of nitrogens with zero attached hydrogens (tertiary/aromatic N) is 3. The van der Waals surface area contributed by atoms with E-state index in [2.05, 4.69) is 5.10 Å². The molecule has 150 valence electrons. The van der Waals surface area contributed by atoms with Gasteiger partial charge in [0, 0.05) is 37.2 Å². The van der Waals surface area contributed by atoms with Crippen molar-refractivity contribution in [2.45, 2.75) is 57.6 Å². The molecule has 7 heteroatoms. The molecule has 2 fully saturated rings. The topological polar surface area (TPSA) is 84.7 Å². The van der Waals surface area contributed by atoms with Crippen LogP contribution < -0.4 is 4.74 Å². The van der Waals surface area contributed by atoms with Crippen molar-refractivity contribution >= 4 is 22.8 Å². The molecule has 1 aliphatic carbocycles. The van der Waals surface area contributed by atoms with Gasteiger partial charge in [-0.25, -0.2) is 0 Å². The van der Waals surface area contributed by atoms with E-state index in [0.717, 1.165) is 55.4 Å². The Labute approximate surface area is 164 Å². The molecule has 1 saturated carbocycles. The van der Waals surface area contributed by atoms with Gasteiger partial charge in [0.05, 0.1) is 24.7 Å². The minimum absolute atomic E-state index is 0.0488. The maximum atomic E-state index is 12.5. The third-order valence-corrected chi connectivity index (χ3v) is 5.91. The van der Waals surface area contributed by atoms with Crippen LogP contribution in [0.5, 0.6) is 5.75 Å². The SMILES string of the molecule is O=C(O)CCn1ncc2cc(OC3CCN(C(=O)C4CCCC4)CC3)ccc21. The predicted octanol–water partition coefficient (Wildman–Crippen LogP) is 3.07. The number of carboxylic acids is 1. The fraction of sp³-hybridized carbons (Fsp3) is 0.571. The van der Waals surface area contributed by atoms with E-state index in [1.165, 1.54) is 12.8 Å². The van der Waals surface area contributed by atoms with Crippen LogP contribution in [-0.4, -0.2) is 50.9 Å². The van der Waals surface area contributed by atoms with E-state index in [9.17, 15) is 9.59 Å². The number of aromatic nitrogens is 2. The molecule has 0 unspecified atom stereocenters. The van der Waals surface area contributed by atoms with Crippen molar-refractivity contribution in [3.8, 4) is 5.75 Å². The van der Waals surface area contributed by atoms with E-state index in [1.54, 1.807) is 10.9 Å². The van der Waals surface area contributed by atoms with Crippen LogP contribution in [-0.2, 0) is 16.1 Å². The van der Waals surface area contributed by atoms with Crippen LogP contribution in [0.15, 0.2) is 24.4 Å². The van der Waals surface area contributed by atoms with Crippen molar-refractivity contribution < 1.29 is 19.4 Å². The molecule has 0 radical (unpaired) electrons. The van der Waals surface area contributed by atoms with Crippen molar-refractivity contribution in [1.82, 2.24) is 14.7 Å². The number of hydrogen-bond donors (Lipinski definition) is 1. The second kappa shape index (κ2) is 8.20. The number of benzene rings is 1. The molecule has 4 rings (SSSR count). The summed E-state index contributed by atoms with van der Waals surface area (Å²) in [5.41, 5.74) is 0.908. The maximum absolute atomic E-state index is 12.5. The van der Waals surface area contributed by atoms with Crippen molar-refractivity contribution in [2.75, 3.05) is 13.1 Å². The summed E-state index contributed by atoms with van der Waals surface area (Å²) in [6, 6.07) is 5.80. The molecule has 1 aliphatic heterocycles. The number of aliphatic carboxylic acids is 1. The summed E-state index contributed by atoms with van der Waals surface area (Å²) < 4.78 is 7.86. The highest BCUT2D eigenvalue weighted by molar-refractivity contribution is 5.80. The van der Waals surface area contributed by atoms with Gasteiger partial charge in [0.25, 0.3) is 0 Å². The van der Waals surface area contributed by atoms with Gasteiger partial charge in [0.1, 0.15) is 11.9 Å². The molecular formula is C21H27N3O4. The molecule has 0 atom stereocenters. The fourth-order valence-corrected chi connectivity index (χ4v) is 4.34. The Morgan fingerprint density at radius 3 is 2.61 bits per heavy atom. The zero-order chi connectivity index (χ0) is 19.5. The average Bonchev–Trinajstić information content (AvgIpc) is 3.36. The minimum atomic E-state index is -0.832. The van der Waals surface area contributed by atoms with Gasteiger partial charge < -0.3 is 14.7 Å². The van der Waals surface area contributed by atoms with Crippen molar-refractivity contribution in [3.63, 3.8) is 0 Å². The van der Waals surface area contributed by atoms with Gasteiger partial charge in [-0.15, -0.1) is 0 Å². The standard InChI is InChI=1S/C21H27N3O4/c25-20(26)9-12-24-19-6-5-18(13-16(19)14-22-24)28-17-7-10-23(11-8-17)21(27)15-3-1-2-4-15/h5-6,13-15,17H,1-4,7-12H2,(H,25,26). The first-order valence-corrected chi connectivity index (χ1v) is 10.2. The number of amides is 1. The summed E-state index contributed by atoms with van der Waals surface area (Å²) >= 11 is 0. The number of ether oxygens (including phenoxy) is 1. The quantitative estimate of drug-likeness (QED) is 0.826. The van der Waals surface area contributed by atoms with E-state index >= 15 is 0 Å². The number of piperidine rings is 1. The summed E-state index contributed by atoms with van der Waals surface area (Å²) in [5.74, 6) is 0.552. The van der Waals surface area contributed by atoms with Gasteiger partial charge in [0.15, 0.2) is 0 Å². The Balaban J connectivity index is 1.33. The highest BCUT2D eigenvalue weighted by atomic mass is 16.5. The zero-order valence-electron chi connectivity index (χ0n) is 16.0. The number of fused-ring (bicyclic) bond motifs is 1. The Morgan fingerprint density at radius 1 is 1.14 bits per heavy atom. The second-order valence-electron chi connectivity index (χ2n) is 7.86. The van der Waals surface area contributed by atoms with Gasteiger partial charge >= 0.3 is 5.97 Å². The lowest BCUT2D eigenvalue weighted by molar-refractivity contribution is -0.138. The molecule has 28 heavy (non-hydrogen) atoms. The highest BCUT2D eigenvalue weighted by Gasteiger charge is 2.30. The normalized spacial score (nSPS) is 18.6. The molecule has 1 saturated heterocycles. The van der Waals surface area contributed by atoms with Crippen LogP contribution in [0.4, 0.5) is 0 Å². The summed E-state index contributed by atoms with van der Waals surface area (Å²) in [6.45, 7) is 1.90. The molecule has 1 amide bonds. The first-order valence-electron chi connectivity index (χ1n) is 10.2. The van der Waals surface area contributed by atoms with Gasteiger partial charge in [-0.05, 0) is 31.0 Å². The number of carboxylic acid groups (broad SMARTS) is 1.